The van der Waals surface area contributed by atoms with E-state index in [-0.39, 0.29) is 17.7 Å². The molecule has 1 fully saturated rings. The third-order valence-electron chi connectivity index (χ3n) is 4.17. The van der Waals surface area contributed by atoms with E-state index in [9.17, 15) is 13.2 Å². The van der Waals surface area contributed by atoms with Crippen LogP contribution < -0.4 is 4.90 Å². The Kier molecular flexibility index (Phi) is 4.53. The molecule has 0 aliphatic carbocycles. The van der Waals surface area contributed by atoms with Crippen LogP contribution in [0.1, 0.15) is 17.6 Å². The molecular weight excluding hydrogens is 361 g/mol. The molecule has 0 radical (unpaired) electrons. The molecule has 0 N–H and O–H groups in total. The number of hydrogen-bond donors (Lipinski definition) is 0. The summed E-state index contributed by atoms with van der Waals surface area (Å²) in [5.41, 5.74) is -0.576. The van der Waals surface area contributed by atoms with Crippen LogP contribution in [0.15, 0.2) is 53.4 Å². The molecule has 6 nitrogen and oxygen atoms in total. The first-order chi connectivity index (χ1) is 13.0. The topological polar surface area (TPSA) is 64.3 Å². The first-order valence-corrected chi connectivity index (χ1v) is 8.27. The first-order valence-electron chi connectivity index (χ1n) is 8.27. The van der Waals surface area contributed by atoms with Gasteiger partial charge in [-0.2, -0.15) is 13.2 Å². The van der Waals surface area contributed by atoms with Gasteiger partial charge in [-0.25, -0.2) is 9.97 Å². The molecule has 4 rings (SSSR count). The lowest BCUT2D eigenvalue weighted by molar-refractivity contribution is -0.141. The molecule has 27 heavy (non-hydrogen) atoms. The van der Waals surface area contributed by atoms with E-state index < -0.39 is 11.9 Å². The fourth-order valence-electron chi connectivity index (χ4n) is 2.87. The van der Waals surface area contributed by atoms with Crippen molar-refractivity contribution in [1.82, 2.24) is 15.0 Å². The number of morpholine rings is 1. The summed E-state index contributed by atoms with van der Waals surface area (Å²) in [5, 5.41) is 0. The van der Waals surface area contributed by atoms with Gasteiger partial charge in [-0.1, -0.05) is 0 Å². The van der Waals surface area contributed by atoms with Crippen molar-refractivity contribution < 1.29 is 22.3 Å². The van der Waals surface area contributed by atoms with Crippen LogP contribution in [0.3, 0.4) is 0 Å². The van der Waals surface area contributed by atoms with Gasteiger partial charge in [0.05, 0.1) is 19.4 Å². The van der Waals surface area contributed by atoms with Crippen LogP contribution in [0.25, 0.3) is 11.4 Å². The van der Waals surface area contributed by atoms with Crippen molar-refractivity contribution in [3.63, 3.8) is 0 Å². The molecule has 1 saturated heterocycles. The van der Waals surface area contributed by atoms with Crippen molar-refractivity contribution in [1.29, 1.82) is 0 Å². The standard InChI is InChI=1S/C18H15F3N4O2/c19-18(20,21)15-9-16(24-17(23-15)12-3-1-5-22-10-12)25-6-8-27-14(11-25)13-4-2-7-26-13/h1-5,7,9-10,14H,6,8,11H2. The molecule has 9 heteroatoms. The number of furan rings is 1. The average molecular weight is 376 g/mol. The van der Waals surface area contributed by atoms with Crippen molar-refractivity contribution in [3.05, 3.63) is 60.4 Å². The van der Waals surface area contributed by atoms with Crippen LogP contribution in [0.2, 0.25) is 0 Å². The van der Waals surface area contributed by atoms with Crippen molar-refractivity contribution in [2.24, 2.45) is 0 Å². The second-order valence-electron chi connectivity index (χ2n) is 6.00. The smallest absolute Gasteiger partial charge is 0.433 e. The molecule has 0 amide bonds. The summed E-state index contributed by atoms with van der Waals surface area (Å²) >= 11 is 0. The molecule has 1 unspecified atom stereocenters. The Bertz CT molecular complexity index is 901. The molecule has 1 aliphatic heterocycles. The predicted molar refractivity (Wildman–Crippen MR) is 89.9 cm³/mol. The number of aromatic nitrogens is 3. The maximum atomic E-state index is 13.4. The number of pyridine rings is 1. The van der Waals surface area contributed by atoms with Gasteiger partial charge in [-0.3, -0.25) is 4.98 Å². The minimum atomic E-state index is -4.58. The third-order valence-corrected chi connectivity index (χ3v) is 4.17. The van der Waals surface area contributed by atoms with Gasteiger partial charge < -0.3 is 14.1 Å². The molecule has 3 aromatic heterocycles. The van der Waals surface area contributed by atoms with Crippen LogP contribution in [0.5, 0.6) is 0 Å². The minimum absolute atomic E-state index is 0.0195. The van der Waals surface area contributed by atoms with E-state index in [1.54, 1.807) is 29.2 Å². The van der Waals surface area contributed by atoms with Gasteiger partial charge in [0, 0.05) is 30.6 Å². The predicted octanol–water partition coefficient (Wildman–Crippen LogP) is 3.73. The Morgan fingerprint density at radius 3 is 2.74 bits per heavy atom. The molecule has 1 atom stereocenters. The van der Waals surface area contributed by atoms with E-state index in [1.807, 2.05) is 0 Å². The van der Waals surface area contributed by atoms with Crippen LogP contribution in [-0.2, 0) is 10.9 Å². The van der Waals surface area contributed by atoms with Crippen molar-refractivity contribution in [2.45, 2.75) is 12.3 Å². The highest BCUT2D eigenvalue weighted by Gasteiger charge is 2.35. The van der Waals surface area contributed by atoms with E-state index >= 15 is 0 Å². The Balaban J connectivity index is 1.71. The molecular formula is C18H15F3N4O2. The molecule has 4 heterocycles. The number of nitrogens with zero attached hydrogens (tertiary/aromatic N) is 4. The minimum Gasteiger partial charge on any atom is -0.467 e. The lowest BCUT2D eigenvalue weighted by atomic mass is 10.2. The second kappa shape index (κ2) is 6.99. The number of anilines is 1. The monoisotopic (exact) mass is 376 g/mol. The Morgan fingerprint density at radius 2 is 2.04 bits per heavy atom. The summed E-state index contributed by atoms with van der Waals surface area (Å²) in [6.07, 6.45) is -0.454. The Labute approximate surface area is 152 Å². The van der Waals surface area contributed by atoms with Crippen molar-refractivity contribution in [3.8, 4) is 11.4 Å². The molecule has 0 spiro atoms. The Hall–Kier alpha value is -2.94. The highest BCUT2D eigenvalue weighted by Crippen LogP contribution is 2.33. The number of halogens is 3. The van der Waals surface area contributed by atoms with Crippen molar-refractivity contribution in [2.75, 3.05) is 24.6 Å². The van der Waals surface area contributed by atoms with Gasteiger partial charge >= 0.3 is 6.18 Å². The number of hydrogen-bond acceptors (Lipinski definition) is 6. The summed E-state index contributed by atoms with van der Waals surface area (Å²) in [4.78, 5) is 13.7. The van der Waals surface area contributed by atoms with Crippen LogP contribution >= 0.6 is 0 Å². The molecule has 1 aliphatic rings. The van der Waals surface area contributed by atoms with Crippen LogP contribution in [0, 0.1) is 0 Å². The van der Waals surface area contributed by atoms with Gasteiger partial charge in [0.2, 0.25) is 0 Å². The molecule has 0 saturated carbocycles. The number of rotatable bonds is 3. The van der Waals surface area contributed by atoms with E-state index in [0.717, 1.165) is 6.07 Å². The van der Waals surface area contributed by atoms with Crippen LogP contribution in [-0.4, -0.2) is 34.6 Å². The fraction of sp³-hybridized carbons (Fsp3) is 0.278. The zero-order chi connectivity index (χ0) is 18.9. The van der Waals surface area contributed by atoms with Gasteiger partial charge in [0.1, 0.15) is 17.7 Å². The van der Waals surface area contributed by atoms with E-state index in [0.29, 0.717) is 31.0 Å². The normalized spacial score (nSPS) is 17.9. The summed E-state index contributed by atoms with van der Waals surface area (Å²) < 4.78 is 51.1. The van der Waals surface area contributed by atoms with Gasteiger partial charge in [-0.15, -0.1) is 0 Å². The highest BCUT2D eigenvalue weighted by atomic mass is 19.4. The van der Waals surface area contributed by atoms with Gasteiger partial charge in [0.15, 0.2) is 11.5 Å². The average Bonchev–Trinajstić information content (AvgIpc) is 3.23. The summed E-state index contributed by atoms with van der Waals surface area (Å²) in [6, 6.07) is 7.73. The van der Waals surface area contributed by atoms with E-state index in [4.69, 9.17) is 9.15 Å². The quantitative estimate of drug-likeness (QED) is 0.694. The molecule has 0 aromatic carbocycles. The summed E-state index contributed by atoms with van der Waals surface area (Å²) in [7, 11) is 0. The summed E-state index contributed by atoms with van der Waals surface area (Å²) in [6.45, 7) is 1.09. The fourth-order valence-corrected chi connectivity index (χ4v) is 2.87. The third kappa shape index (κ3) is 3.77. The van der Waals surface area contributed by atoms with E-state index in [1.165, 1.54) is 18.7 Å². The van der Waals surface area contributed by atoms with Crippen LogP contribution in [0.4, 0.5) is 19.0 Å². The van der Waals surface area contributed by atoms with E-state index in [2.05, 4.69) is 15.0 Å². The Morgan fingerprint density at radius 1 is 1.15 bits per heavy atom. The first kappa shape index (κ1) is 17.5. The summed E-state index contributed by atoms with van der Waals surface area (Å²) in [5.74, 6) is 0.794. The van der Waals surface area contributed by atoms with Gasteiger partial charge in [0.25, 0.3) is 0 Å². The zero-order valence-corrected chi connectivity index (χ0v) is 14.1. The number of alkyl halides is 3. The lowest BCUT2D eigenvalue weighted by Crippen LogP contribution is -2.39. The van der Waals surface area contributed by atoms with Crippen molar-refractivity contribution >= 4 is 5.82 Å². The maximum absolute atomic E-state index is 13.4. The number of ether oxygens (including phenoxy) is 1. The maximum Gasteiger partial charge on any atom is 0.433 e. The molecule has 3 aromatic rings. The van der Waals surface area contributed by atoms with Gasteiger partial charge in [-0.05, 0) is 24.3 Å². The molecule has 0 bridgehead atoms. The zero-order valence-electron chi connectivity index (χ0n) is 14.1. The SMILES string of the molecule is FC(F)(F)c1cc(N2CCOC(c3ccco3)C2)nc(-c2cccnc2)n1. The highest BCUT2D eigenvalue weighted by molar-refractivity contribution is 5.57. The second-order valence-corrected chi connectivity index (χ2v) is 6.00. The lowest BCUT2D eigenvalue weighted by Gasteiger charge is -2.33. The molecule has 140 valence electrons. The largest absolute Gasteiger partial charge is 0.467 e.